The number of rotatable bonds is 8. The molecule has 28 heavy (non-hydrogen) atoms. The van der Waals surface area contributed by atoms with E-state index in [-0.39, 0.29) is 11.2 Å². The first-order valence-corrected chi connectivity index (χ1v) is 10.3. The Hall–Kier alpha value is -2.56. The van der Waals surface area contributed by atoms with Crippen LogP contribution in [0, 0.1) is 0 Å². The SMILES string of the molecule is CN(C)Cc1ccccc1CNC(=O)[C@H](Sc1ccccc1)c1ccccc1. The maximum absolute atomic E-state index is 13.1. The lowest BCUT2D eigenvalue weighted by Crippen LogP contribution is -2.28. The predicted octanol–water partition coefficient (Wildman–Crippen LogP) is 4.90. The molecule has 0 unspecified atom stereocenters. The fraction of sp³-hybridized carbons (Fsp3) is 0.208. The lowest BCUT2D eigenvalue weighted by molar-refractivity contribution is -0.120. The van der Waals surface area contributed by atoms with Gasteiger partial charge in [0.1, 0.15) is 5.25 Å². The second kappa shape index (κ2) is 10.1. The van der Waals surface area contributed by atoms with Gasteiger partial charge < -0.3 is 10.2 Å². The average molecular weight is 391 g/mol. The van der Waals surface area contributed by atoms with E-state index in [1.165, 1.54) is 5.56 Å². The van der Waals surface area contributed by atoms with E-state index >= 15 is 0 Å². The van der Waals surface area contributed by atoms with Crippen LogP contribution in [0.15, 0.2) is 89.8 Å². The Kier molecular flexibility index (Phi) is 7.29. The first-order chi connectivity index (χ1) is 13.6. The number of carbonyl (C=O) groups excluding carboxylic acids is 1. The molecule has 0 radical (unpaired) electrons. The van der Waals surface area contributed by atoms with E-state index in [0.29, 0.717) is 6.54 Å². The Balaban J connectivity index is 1.75. The highest BCUT2D eigenvalue weighted by Crippen LogP contribution is 2.35. The highest BCUT2D eigenvalue weighted by molar-refractivity contribution is 8.00. The van der Waals surface area contributed by atoms with Gasteiger partial charge in [-0.1, -0.05) is 72.8 Å². The van der Waals surface area contributed by atoms with Crippen LogP contribution in [0.5, 0.6) is 0 Å². The third kappa shape index (κ3) is 5.72. The van der Waals surface area contributed by atoms with Crippen molar-refractivity contribution >= 4 is 17.7 Å². The van der Waals surface area contributed by atoms with Gasteiger partial charge in [-0.25, -0.2) is 0 Å². The number of benzene rings is 3. The van der Waals surface area contributed by atoms with Gasteiger partial charge in [-0.2, -0.15) is 0 Å². The predicted molar refractivity (Wildman–Crippen MR) is 117 cm³/mol. The Bertz CT molecular complexity index is 881. The van der Waals surface area contributed by atoms with Gasteiger partial charge >= 0.3 is 0 Å². The summed E-state index contributed by atoms with van der Waals surface area (Å²) in [5.41, 5.74) is 3.40. The summed E-state index contributed by atoms with van der Waals surface area (Å²) < 4.78 is 0. The van der Waals surface area contributed by atoms with Crippen LogP contribution in [0.3, 0.4) is 0 Å². The van der Waals surface area contributed by atoms with Crippen molar-refractivity contribution in [3.05, 3.63) is 102 Å². The lowest BCUT2D eigenvalue weighted by Gasteiger charge is -2.19. The molecule has 0 saturated carbocycles. The summed E-state index contributed by atoms with van der Waals surface area (Å²) in [6, 6.07) is 28.3. The Morgan fingerprint density at radius 1 is 0.857 bits per heavy atom. The van der Waals surface area contributed by atoms with E-state index in [1.54, 1.807) is 11.8 Å². The summed E-state index contributed by atoms with van der Waals surface area (Å²) in [5, 5.41) is 2.87. The molecule has 1 atom stereocenters. The molecular formula is C24H26N2OS. The van der Waals surface area contributed by atoms with Crippen LogP contribution < -0.4 is 5.32 Å². The smallest absolute Gasteiger partial charge is 0.238 e. The van der Waals surface area contributed by atoms with E-state index in [2.05, 4.69) is 36.4 Å². The summed E-state index contributed by atoms with van der Waals surface area (Å²) in [4.78, 5) is 16.3. The van der Waals surface area contributed by atoms with E-state index < -0.39 is 0 Å². The number of nitrogens with zero attached hydrogens (tertiary/aromatic N) is 1. The minimum absolute atomic E-state index is 0.0275. The molecule has 3 nitrogen and oxygen atoms in total. The molecule has 3 aromatic rings. The Morgan fingerprint density at radius 3 is 2.07 bits per heavy atom. The zero-order chi connectivity index (χ0) is 19.8. The maximum Gasteiger partial charge on any atom is 0.238 e. The summed E-state index contributed by atoms with van der Waals surface area (Å²) >= 11 is 1.58. The molecule has 0 heterocycles. The molecule has 0 aliphatic heterocycles. The van der Waals surface area contributed by atoms with Gasteiger partial charge in [0.15, 0.2) is 0 Å². The second-order valence-electron chi connectivity index (χ2n) is 6.95. The largest absolute Gasteiger partial charge is 0.351 e. The zero-order valence-electron chi connectivity index (χ0n) is 16.3. The van der Waals surface area contributed by atoms with Gasteiger partial charge in [0.25, 0.3) is 0 Å². The van der Waals surface area contributed by atoms with Crippen molar-refractivity contribution in [2.24, 2.45) is 0 Å². The minimum atomic E-state index is -0.287. The minimum Gasteiger partial charge on any atom is -0.351 e. The lowest BCUT2D eigenvalue weighted by atomic mass is 10.1. The van der Waals surface area contributed by atoms with Crippen LogP contribution in [0.1, 0.15) is 21.9 Å². The van der Waals surface area contributed by atoms with E-state index in [0.717, 1.165) is 22.6 Å². The van der Waals surface area contributed by atoms with Crippen LogP contribution in [-0.4, -0.2) is 24.9 Å². The zero-order valence-corrected chi connectivity index (χ0v) is 17.2. The highest BCUT2D eigenvalue weighted by Gasteiger charge is 2.22. The van der Waals surface area contributed by atoms with Crippen molar-refractivity contribution < 1.29 is 4.79 Å². The molecule has 1 N–H and O–H groups in total. The van der Waals surface area contributed by atoms with Gasteiger partial charge in [-0.15, -0.1) is 11.8 Å². The van der Waals surface area contributed by atoms with Crippen LogP contribution in [0.2, 0.25) is 0 Å². The average Bonchev–Trinajstić information content (AvgIpc) is 2.72. The van der Waals surface area contributed by atoms with E-state index in [4.69, 9.17) is 0 Å². The Labute approximate surface area is 171 Å². The second-order valence-corrected chi connectivity index (χ2v) is 8.12. The number of nitrogens with one attached hydrogen (secondary N) is 1. The fourth-order valence-corrected chi connectivity index (χ4v) is 4.11. The van der Waals surface area contributed by atoms with Crippen molar-refractivity contribution in [1.82, 2.24) is 10.2 Å². The van der Waals surface area contributed by atoms with Crippen molar-refractivity contribution in [3.8, 4) is 0 Å². The van der Waals surface area contributed by atoms with Gasteiger partial charge in [0.05, 0.1) is 0 Å². The molecule has 3 rings (SSSR count). The highest BCUT2D eigenvalue weighted by atomic mass is 32.2. The Morgan fingerprint density at radius 2 is 1.43 bits per heavy atom. The van der Waals surface area contributed by atoms with Crippen LogP contribution in [0.4, 0.5) is 0 Å². The number of carbonyl (C=O) groups is 1. The van der Waals surface area contributed by atoms with Crippen LogP contribution in [-0.2, 0) is 17.9 Å². The van der Waals surface area contributed by atoms with Crippen molar-refractivity contribution in [1.29, 1.82) is 0 Å². The van der Waals surface area contributed by atoms with Crippen LogP contribution in [0.25, 0.3) is 0 Å². The third-order valence-electron chi connectivity index (χ3n) is 4.40. The molecule has 0 aliphatic rings. The first-order valence-electron chi connectivity index (χ1n) is 9.39. The molecule has 0 bridgehead atoms. The summed E-state index contributed by atoms with van der Waals surface area (Å²) in [6.07, 6.45) is 0. The number of thioether (sulfide) groups is 1. The topological polar surface area (TPSA) is 32.3 Å². The molecule has 1 amide bonds. The van der Waals surface area contributed by atoms with E-state index in [1.807, 2.05) is 72.8 Å². The van der Waals surface area contributed by atoms with Crippen LogP contribution >= 0.6 is 11.8 Å². The van der Waals surface area contributed by atoms with E-state index in [9.17, 15) is 4.79 Å². The number of amides is 1. The monoisotopic (exact) mass is 390 g/mol. The fourth-order valence-electron chi connectivity index (χ4n) is 3.04. The molecule has 3 aromatic carbocycles. The normalized spacial score (nSPS) is 12.0. The van der Waals surface area contributed by atoms with Gasteiger partial charge in [-0.05, 0) is 42.9 Å². The maximum atomic E-state index is 13.1. The summed E-state index contributed by atoms with van der Waals surface area (Å²) in [5.74, 6) is 0.0275. The molecule has 144 valence electrons. The van der Waals surface area contributed by atoms with Crippen molar-refractivity contribution in [2.75, 3.05) is 14.1 Å². The molecular weight excluding hydrogens is 364 g/mol. The standard InChI is InChI=1S/C24H26N2OS/c1-26(2)18-21-14-10-9-13-20(21)17-25-24(27)23(19-11-5-3-6-12-19)28-22-15-7-4-8-16-22/h3-16,23H,17-18H2,1-2H3,(H,25,27)/t23-/m1/s1. The van der Waals surface area contributed by atoms with Gasteiger partial charge in [-0.3, -0.25) is 4.79 Å². The summed E-state index contributed by atoms with van der Waals surface area (Å²) in [6.45, 7) is 1.38. The number of hydrogen-bond acceptors (Lipinski definition) is 3. The molecule has 0 fully saturated rings. The number of hydrogen-bond donors (Lipinski definition) is 1. The first kappa shape index (κ1) is 20.2. The van der Waals surface area contributed by atoms with Crippen molar-refractivity contribution in [2.45, 2.75) is 23.2 Å². The third-order valence-corrected chi connectivity index (χ3v) is 5.66. The molecule has 0 saturated heterocycles. The summed E-state index contributed by atoms with van der Waals surface area (Å²) in [7, 11) is 4.11. The van der Waals surface area contributed by atoms with Gasteiger partial charge in [0, 0.05) is 18.0 Å². The quantitative estimate of drug-likeness (QED) is 0.555. The molecule has 0 spiro atoms. The van der Waals surface area contributed by atoms with Crippen molar-refractivity contribution in [3.63, 3.8) is 0 Å². The molecule has 0 aliphatic carbocycles. The molecule has 4 heteroatoms. The molecule has 0 aromatic heterocycles. The van der Waals surface area contributed by atoms with Gasteiger partial charge in [0.2, 0.25) is 5.91 Å².